The number of fused-ring (bicyclic) bond motifs is 1. The number of ether oxygens (including phenoxy) is 1. The maximum Gasteiger partial charge on any atom is 0.240 e. The molecule has 1 unspecified atom stereocenters. The number of amides is 2. The average Bonchev–Trinajstić information content (AvgIpc) is 3.09. The molecule has 0 bridgehead atoms. The number of hydrogen-bond donors (Lipinski definition) is 1. The Morgan fingerprint density at radius 1 is 1.25 bits per heavy atom. The Bertz CT molecular complexity index is 868. The minimum Gasteiger partial charge on any atom is -0.378 e. The fourth-order valence-corrected chi connectivity index (χ4v) is 4.66. The largest absolute Gasteiger partial charge is 0.378 e. The third-order valence-electron chi connectivity index (χ3n) is 5.17. The number of likely N-dealkylation sites (tertiary alicyclic amines) is 1. The van der Waals surface area contributed by atoms with Gasteiger partial charge in [0.15, 0.2) is 5.13 Å². The van der Waals surface area contributed by atoms with E-state index in [1.165, 1.54) is 23.5 Å². The predicted octanol–water partition coefficient (Wildman–Crippen LogP) is 2.09. The van der Waals surface area contributed by atoms with Gasteiger partial charge in [-0.1, -0.05) is 17.8 Å². The molecule has 1 aromatic carbocycles. The van der Waals surface area contributed by atoms with Crippen molar-refractivity contribution in [2.75, 3.05) is 44.7 Å². The number of halogens is 1. The van der Waals surface area contributed by atoms with Crippen molar-refractivity contribution in [3.8, 4) is 0 Å². The Morgan fingerprint density at radius 2 is 2.07 bits per heavy atom. The fraction of sp³-hybridized carbons (Fsp3) is 0.526. The lowest BCUT2D eigenvalue weighted by atomic mass is 10.0. The number of rotatable bonds is 4. The quantitative estimate of drug-likeness (QED) is 0.842. The van der Waals surface area contributed by atoms with Crippen LogP contribution < -0.4 is 5.32 Å². The van der Waals surface area contributed by atoms with Crippen molar-refractivity contribution in [2.45, 2.75) is 25.3 Å². The minimum absolute atomic E-state index is 0.0891. The lowest BCUT2D eigenvalue weighted by Crippen LogP contribution is -2.54. The van der Waals surface area contributed by atoms with Gasteiger partial charge < -0.3 is 15.0 Å². The molecule has 2 amide bonds. The summed E-state index contributed by atoms with van der Waals surface area (Å²) >= 11 is 1.24. The van der Waals surface area contributed by atoms with Gasteiger partial charge in [-0.2, -0.15) is 0 Å². The Morgan fingerprint density at radius 3 is 2.89 bits per heavy atom. The van der Waals surface area contributed by atoms with Crippen LogP contribution in [0.25, 0.3) is 10.2 Å². The summed E-state index contributed by atoms with van der Waals surface area (Å²) in [7, 11) is 0. The van der Waals surface area contributed by atoms with Crippen LogP contribution >= 0.6 is 11.3 Å². The molecule has 1 N–H and O–H groups in total. The predicted molar refractivity (Wildman–Crippen MR) is 105 cm³/mol. The third kappa shape index (κ3) is 4.31. The van der Waals surface area contributed by atoms with E-state index in [1.54, 1.807) is 6.07 Å². The molecule has 0 spiro atoms. The van der Waals surface area contributed by atoms with Gasteiger partial charge in [0.2, 0.25) is 11.8 Å². The number of morpholine rings is 1. The summed E-state index contributed by atoms with van der Waals surface area (Å²) in [6.45, 7) is 3.22. The number of benzene rings is 1. The molecule has 2 aliphatic rings. The van der Waals surface area contributed by atoms with Crippen molar-refractivity contribution in [1.29, 1.82) is 0 Å². The van der Waals surface area contributed by atoms with E-state index in [9.17, 15) is 14.0 Å². The van der Waals surface area contributed by atoms with Crippen molar-refractivity contribution in [1.82, 2.24) is 14.8 Å². The van der Waals surface area contributed by atoms with Crippen LogP contribution in [0.3, 0.4) is 0 Å². The molecule has 28 heavy (non-hydrogen) atoms. The number of nitrogens with one attached hydrogen (secondary N) is 1. The molecule has 1 aromatic heterocycles. The molecule has 4 rings (SSSR count). The highest BCUT2D eigenvalue weighted by Gasteiger charge is 2.33. The van der Waals surface area contributed by atoms with Gasteiger partial charge in [0.1, 0.15) is 5.82 Å². The van der Waals surface area contributed by atoms with Gasteiger partial charge in [-0.3, -0.25) is 14.5 Å². The molecule has 7 nitrogen and oxygen atoms in total. The highest BCUT2D eigenvalue weighted by Crippen LogP contribution is 2.26. The summed E-state index contributed by atoms with van der Waals surface area (Å²) in [5.74, 6) is -0.445. The molecule has 2 aromatic rings. The molecule has 3 heterocycles. The van der Waals surface area contributed by atoms with Crippen molar-refractivity contribution in [3.05, 3.63) is 24.0 Å². The van der Waals surface area contributed by atoms with Crippen LogP contribution in [0.1, 0.15) is 19.3 Å². The van der Waals surface area contributed by atoms with Crippen LogP contribution in [0.2, 0.25) is 0 Å². The molecule has 0 saturated carbocycles. The molecular formula is C19H23FN4O3S. The second-order valence-corrected chi connectivity index (χ2v) is 8.13. The molecule has 2 saturated heterocycles. The molecule has 0 radical (unpaired) electrons. The van der Waals surface area contributed by atoms with Crippen molar-refractivity contribution in [2.24, 2.45) is 0 Å². The smallest absolute Gasteiger partial charge is 0.240 e. The molecule has 9 heteroatoms. The summed E-state index contributed by atoms with van der Waals surface area (Å²) in [4.78, 5) is 33.6. The first-order valence-electron chi connectivity index (χ1n) is 9.57. The number of aromatic nitrogens is 1. The van der Waals surface area contributed by atoms with Gasteiger partial charge in [0.25, 0.3) is 0 Å². The third-order valence-corrected chi connectivity index (χ3v) is 6.10. The van der Waals surface area contributed by atoms with E-state index in [0.29, 0.717) is 41.7 Å². The van der Waals surface area contributed by atoms with Crippen molar-refractivity contribution < 1.29 is 18.7 Å². The number of nitrogens with zero attached hydrogens (tertiary/aromatic N) is 3. The van der Waals surface area contributed by atoms with Gasteiger partial charge in [-0.25, -0.2) is 9.37 Å². The van der Waals surface area contributed by atoms with Crippen LogP contribution in [0, 0.1) is 5.82 Å². The van der Waals surface area contributed by atoms with E-state index >= 15 is 0 Å². The zero-order chi connectivity index (χ0) is 19.5. The monoisotopic (exact) mass is 406 g/mol. The first-order valence-corrected chi connectivity index (χ1v) is 10.4. The van der Waals surface area contributed by atoms with Gasteiger partial charge in [-0.15, -0.1) is 0 Å². The number of carbonyl (C=O) groups excluding carboxylic acids is 2. The SMILES string of the molecule is O=C(CN1CCCCC1C(=O)N1CCOCC1)Nc1nc2ccc(F)cc2s1. The maximum atomic E-state index is 13.3. The van der Waals surface area contributed by atoms with Crippen LogP contribution in [-0.2, 0) is 14.3 Å². The molecule has 1 atom stereocenters. The number of hydrogen-bond acceptors (Lipinski definition) is 6. The minimum atomic E-state index is -0.327. The van der Waals surface area contributed by atoms with E-state index in [-0.39, 0.29) is 30.2 Å². The Kier molecular flexibility index (Phi) is 5.84. The summed E-state index contributed by atoms with van der Waals surface area (Å²) in [6, 6.07) is 4.09. The first-order chi connectivity index (χ1) is 13.6. The van der Waals surface area contributed by atoms with E-state index in [1.807, 2.05) is 9.80 Å². The van der Waals surface area contributed by atoms with Crippen LogP contribution in [-0.4, -0.2) is 72.0 Å². The summed E-state index contributed by atoms with van der Waals surface area (Å²) in [5.41, 5.74) is 0.653. The van der Waals surface area contributed by atoms with Gasteiger partial charge >= 0.3 is 0 Å². The molecule has 2 aliphatic heterocycles. The number of thiazole rings is 1. The second-order valence-electron chi connectivity index (χ2n) is 7.10. The molecular weight excluding hydrogens is 383 g/mol. The lowest BCUT2D eigenvalue weighted by molar-refractivity contribution is -0.142. The summed E-state index contributed by atoms with van der Waals surface area (Å²) in [6.07, 6.45) is 2.73. The average molecular weight is 406 g/mol. The molecule has 0 aliphatic carbocycles. The zero-order valence-corrected chi connectivity index (χ0v) is 16.3. The van der Waals surface area contributed by atoms with Gasteiger partial charge in [-0.05, 0) is 37.6 Å². The standard InChI is InChI=1S/C19H23FN4O3S/c20-13-4-5-14-16(11-13)28-19(21-14)22-17(25)12-24-6-2-1-3-15(24)18(26)23-7-9-27-10-8-23/h4-5,11,15H,1-3,6-10,12H2,(H,21,22,25). The number of carbonyl (C=O) groups is 2. The van der Waals surface area contributed by atoms with Crippen LogP contribution in [0.15, 0.2) is 18.2 Å². The van der Waals surface area contributed by atoms with E-state index in [2.05, 4.69) is 10.3 Å². The summed E-state index contributed by atoms with van der Waals surface area (Å²) in [5, 5.41) is 3.24. The lowest BCUT2D eigenvalue weighted by Gasteiger charge is -2.38. The highest BCUT2D eigenvalue weighted by atomic mass is 32.1. The first kappa shape index (κ1) is 19.2. The van der Waals surface area contributed by atoms with E-state index < -0.39 is 0 Å². The Hall–Kier alpha value is -2.10. The Labute approximate surface area is 166 Å². The van der Waals surface area contributed by atoms with Crippen molar-refractivity contribution in [3.63, 3.8) is 0 Å². The Balaban J connectivity index is 1.40. The second kappa shape index (κ2) is 8.50. The topological polar surface area (TPSA) is 74.8 Å². The normalized spacial score (nSPS) is 21.0. The molecule has 2 fully saturated rings. The highest BCUT2D eigenvalue weighted by molar-refractivity contribution is 7.22. The van der Waals surface area contributed by atoms with Gasteiger partial charge in [0, 0.05) is 13.1 Å². The van der Waals surface area contributed by atoms with Crippen molar-refractivity contribution >= 4 is 38.5 Å². The van der Waals surface area contributed by atoms with E-state index in [4.69, 9.17) is 4.74 Å². The van der Waals surface area contributed by atoms with Crippen LogP contribution in [0.4, 0.5) is 9.52 Å². The maximum absolute atomic E-state index is 13.3. The van der Waals surface area contributed by atoms with Gasteiger partial charge in [0.05, 0.1) is 36.0 Å². The zero-order valence-electron chi connectivity index (χ0n) is 15.5. The number of anilines is 1. The van der Waals surface area contributed by atoms with E-state index in [0.717, 1.165) is 25.8 Å². The fourth-order valence-electron chi connectivity index (χ4n) is 3.75. The van der Waals surface area contributed by atoms with Crippen LogP contribution in [0.5, 0.6) is 0 Å². The summed E-state index contributed by atoms with van der Waals surface area (Å²) < 4.78 is 19.3. The number of piperidine rings is 1. The molecule has 150 valence electrons.